The average Bonchev–Trinajstić information content (AvgIpc) is 2.65. The number of hydrogen-bond acceptors (Lipinski definition) is 1. The van der Waals surface area contributed by atoms with Crippen LogP contribution in [0.25, 0.3) is 0 Å². The molecule has 1 fully saturated rings. The van der Waals surface area contributed by atoms with Crippen molar-refractivity contribution in [3.63, 3.8) is 0 Å². The Bertz CT molecular complexity index is 324. The maximum absolute atomic E-state index is 5.38. The third kappa shape index (κ3) is 2.54. The van der Waals surface area contributed by atoms with E-state index in [9.17, 15) is 0 Å². The molecule has 1 aliphatic rings. The zero-order valence-electron chi connectivity index (χ0n) is 9.08. The van der Waals surface area contributed by atoms with Crippen molar-refractivity contribution in [2.24, 2.45) is 5.92 Å². The number of alkyl halides is 1. The second-order valence-corrected chi connectivity index (χ2v) is 5.40. The Morgan fingerprint density at radius 2 is 2.13 bits per heavy atom. The standard InChI is InChI=1S/C13H17BrO/c1-15-13-8-3-2-5-11(13)9-10-6-4-7-12(10)14/h2-3,5,8,10,12H,4,6-7,9H2,1H3. The van der Waals surface area contributed by atoms with E-state index < -0.39 is 0 Å². The van der Waals surface area contributed by atoms with Gasteiger partial charge in [-0.2, -0.15) is 0 Å². The van der Waals surface area contributed by atoms with Gasteiger partial charge < -0.3 is 4.74 Å². The third-order valence-corrected chi connectivity index (χ3v) is 4.45. The number of benzene rings is 1. The molecule has 2 heteroatoms. The van der Waals surface area contributed by atoms with Crippen molar-refractivity contribution in [3.8, 4) is 5.75 Å². The fraction of sp³-hybridized carbons (Fsp3) is 0.538. The second kappa shape index (κ2) is 5.02. The summed E-state index contributed by atoms with van der Waals surface area (Å²) in [5.74, 6) is 1.81. The molecule has 1 aromatic rings. The molecule has 0 saturated heterocycles. The Balaban J connectivity index is 2.09. The lowest BCUT2D eigenvalue weighted by Gasteiger charge is -2.15. The van der Waals surface area contributed by atoms with E-state index in [2.05, 4.69) is 28.1 Å². The van der Waals surface area contributed by atoms with Crippen LogP contribution in [0.3, 0.4) is 0 Å². The number of rotatable bonds is 3. The largest absolute Gasteiger partial charge is 0.496 e. The zero-order valence-corrected chi connectivity index (χ0v) is 10.7. The minimum Gasteiger partial charge on any atom is -0.496 e. The van der Waals surface area contributed by atoms with Crippen molar-refractivity contribution in [2.45, 2.75) is 30.5 Å². The van der Waals surface area contributed by atoms with Crippen LogP contribution in [-0.4, -0.2) is 11.9 Å². The summed E-state index contributed by atoms with van der Waals surface area (Å²) in [4.78, 5) is 0.697. The zero-order chi connectivity index (χ0) is 10.7. The van der Waals surface area contributed by atoms with Crippen molar-refractivity contribution >= 4 is 15.9 Å². The molecule has 0 aliphatic heterocycles. The van der Waals surface area contributed by atoms with E-state index in [1.54, 1.807) is 7.11 Å². The average molecular weight is 269 g/mol. The molecular weight excluding hydrogens is 252 g/mol. The Hall–Kier alpha value is -0.500. The lowest BCUT2D eigenvalue weighted by atomic mass is 9.97. The maximum atomic E-state index is 5.38. The van der Waals surface area contributed by atoms with Crippen LogP contribution in [0.5, 0.6) is 5.75 Å². The summed E-state index contributed by atoms with van der Waals surface area (Å²) in [6.07, 6.45) is 5.16. The van der Waals surface area contributed by atoms with Gasteiger partial charge in [0.25, 0.3) is 0 Å². The van der Waals surface area contributed by atoms with Crippen LogP contribution >= 0.6 is 15.9 Å². The molecule has 0 heterocycles. The maximum Gasteiger partial charge on any atom is 0.122 e. The van der Waals surface area contributed by atoms with Crippen molar-refractivity contribution < 1.29 is 4.74 Å². The van der Waals surface area contributed by atoms with E-state index in [0.717, 1.165) is 18.1 Å². The summed E-state index contributed by atoms with van der Waals surface area (Å²) in [5.41, 5.74) is 1.34. The predicted molar refractivity (Wildman–Crippen MR) is 66.8 cm³/mol. The topological polar surface area (TPSA) is 9.23 Å². The number of ether oxygens (including phenoxy) is 1. The summed E-state index contributed by atoms with van der Waals surface area (Å²) in [5, 5.41) is 0. The molecule has 1 aliphatic carbocycles. The van der Waals surface area contributed by atoms with Crippen LogP contribution in [0, 0.1) is 5.92 Å². The molecule has 0 bridgehead atoms. The number of methoxy groups -OCH3 is 1. The van der Waals surface area contributed by atoms with Crippen LogP contribution in [0.2, 0.25) is 0 Å². The van der Waals surface area contributed by atoms with Crippen molar-refractivity contribution in [1.29, 1.82) is 0 Å². The molecule has 1 aromatic carbocycles. The first-order valence-electron chi connectivity index (χ1n) is 5.57. The quantitative estimate of drug-likeness (QED) is 0.758. The third-order valence-electron chi connectivity index (χ3n) is 3.24. The summed E-state index contributed by atoms with van der Waals surface area (Å²) in [7, 11) is 1.75. The highest BCUT2D eigenvalue weighted by atomic mass is 79.9. The summed E-state index contributed by atoms with van der Waals surface area (Å²) >= 11 is 3.77. The molecule has 0 amide bonds. The second-order valence-electron chi connectivity index (χ2n) is 4.22. The molecule has 82 valence electrons. The Kier molecular flexibility index (Phi) is 3.68. The Morgan fingerprint density at radius 3 is 2.80 bits per heavy atom. The molecule has 0 spiro atoms. The molecular formula is C13H17BrO. The highest BCUT2D eigenvalue weighted by Gasteiger charge is 2.25. The molecule has 0 radical (unpaired) electrons. The predicted octanol–water partition coefficient (Wildman–Crippen LogP) is 3.80. The van der Waals surface area contributed by atoms with E-state index in [0.29, 0.717) is 4.83 Å². The van der Waals surface area contributed by atoms with E-state index >= 15 is 0 Å². The smallest absolute Gasteiger partial charge is 0.122 e. The molecule has 2 rings (SSSR count). The van der Waals surface area contributed by atoms with E-state index in [-0.39, 0.29) is 0 Å². The van der Waals surface area contributed by atoms with Crippen LogP contribution in [-0.2, 0) is 6.42 Å². The van der Waals surface area contributed by atoms with Gasteiger partial charge in [-0.15, -0.1) is 0 Å². The fourth-order valence-corrected chi connectivity index (χ4v) is 3.15. The molecule has 2 atom stereocenters. The first kappa shape index (κ1) is 11.0. The van der Waals surface area contributed by atoms with E-state index in [4.69, 9.17) is 4.74 Å². The number of halogens is 1. The summed E-state index contributed by atoms with van der Waals surface area (Å²) in [6.45, 7) is 0. The first-order valence-corrected chi connectivity index (χ1v) is 6.49. The number of para-hydroxylation sites is 1. The molecule has 0 N–H and O–H groups in total. The van der Waals surface area contributed by atoms with Gasteiger partial charge in [0.05, 0.1) is 7.11 Å². The van der Waals surface area contributed by atoms with Crippen LogP contribution in [0.15, 0.2) is 24.3 Å². The molecule has 15 heavy (non-hydrogen) atoms. The summed E-state index contributed by atoms with van der Waals surface area (Å²) in [6, 6.07) is 8.35. The SMILES string of the molecule is COc1ccccc1CC1CCCC1Br. The van der Waals surface area contributed by atoms with Crippen LogP contribution in [0.1, 0.15) is 24.8 Å². The van der Waals surface area contributed by atoms with Gasteiger partial charge in [-0.05, 0) is 36.8 Å². The highest BCUT2D eigenvalue weighted by Crippen LogP contribution is 2.35. The Morgan fingerprint density at radius 1 is 1.33 bits per heavy atom. The first-order chi connectivity index (χ1) is 7.31. The minimum absolute atomic E-state index is 0.697. The normalized spacial score (nSPS) is 25.5. The van der Waals surface area contributed by atoms with Crippen LogP contribution < -0.4 is 4.74 Å². The van der Waals surface area contributed by atoms with E-state index in [1.165, 1.54) is 24.8 Å². The van der Waals surface area contributed by atoms with Gasteiger partial charge in [0, 0.05) is 4.83 Å². The fourth-order valence-electron chi connectivity index (χ4n) is 2.38. The van der Waals surface area contributed by atoms with Gasteiger partial charge in [-0.1, -0.05) is 40.5 Å². The lowest BCUT2D eigenvalue weighted by Crippen LogP contribution is -2.10. The Labute approximate surface area is 100.0 Å². The monoisotopic (exact) mass is 268 g/mol. The van der Waals surface area contributed by atoms with Gasteiger partial charge in [0.15, 0.2) is 0 Å². The van der Waals surface area contributed by atoms with Gasteiger partial charge in [0.1, 0.15) is 5.75 Å². The molecule has 0 aromatic heterocycles. The van der Waals surface area contributed by atoms with E-state index in [1.807, 2.05) is 12.1 Å². The van der Waals surface area contributed by atoms with Gasteiger partial charge in [0.2, 0.25) is 0 Å². The lowest BCUT2D eigenvalue weighted by molar-refractivity contribution is 0.405. The molecule has 2 unspecified atom stereocenters. The van der Waals surface area contributed by atoms with Gasteiger partial charge in [-0.25, -0.2) is 0 Å². The van der Waals surface area contributed by atoms with Crippen LogP contribution in [0.4, 0.5) is 0 Å². The van der Waals surface area contributed by atoms with Crippen molar-refractivity contribution in [1.82, 2.24) is 0 Å². The van der Waals surface area contributed by atoms with Crippen molar-refractivity contribution in [2.75, 3.05) is 7.11 Å². The molecule has 1 nitrogen and oxygen atoms in total. The summed E-state index contributed by atoms with van der Waals surface area (Å²) < 4.78 is 5.38. The van der Waals surface area contributed by atoms with Crippen molar-refractivity contribution in [3.05, 3.63) is 29.8 Å². The van der Waals surface area contributed by atoms with Gasteiger partial charge in [-0.3, -0.25) is 0 Å². The minimum atomic E-state index is 0.697. The van der Waals surface area contributed by atoms with Gasteiger partial charge >= 0.3 is 0 Å². The molecule has 1 saturated carbocycles. The number of hydrogen-bond donors (Lipinski definition) is 0. The highest BCUT2D eigenvalue weighted by molar-refractivity contribution is 9.09.